The second-order valence-corrected chi connectivity index (χ2v) is 25.3. The van der Waals surface area contributed by atoms with E-state index in [4.69, 9.17) is 28.4 Å². The molecule has 0 radical (unpaired) electrons. The summed E-state index contributed by atoms with van der Waals surface area (Å²) in [7, 11) is 0. The van der Waals surface area contributed by atoms with E-state index in [9.17, 15) is 19.2 Å². The van der Waals surface area contributed by atoms with Gasteiger partial charge in [0.1, 0.15) is 39.6 Å². The highest BCUT2D eigenvalue weighted by Crippen LogP contribution is 2.59. The zero-order chi connectivity index (χ0) is 72.3. The minimum absolute atomic E-state index is 0.0100. The Morgan fingerprint density at radius 2 is 0.587 bits per heavy atom. The van der Waals surface area contributed by atoms with Crippen molar-refractivity contribution in [2.75, 3.05) is 0 Å². The summed E-state index contributed by atoms with van der Waals surface area (Å²) in [4.78, 5) is 156. The minimum atomic E-state index is -2.79. The third-order valence-electron chi connectivity index (χ3n) is 19.2. The van der Waals surface area contributed by atoms with Gasteiger partial charge in [-0.2, -0.15) is 0 Å². The number of carbonyl (C=O) groups is 10. The molecule has 0 amide bonds. The predicted octanol–water partition coefficient (Wildman–Crippen LogP) is 13.8. The third kappa shape index (κ3) is 11.8. The summed E-state index contributed by atoms with van der Waals surface area (Å²) in [5.74, 6) is -10.3. The van der Waals surface area contributed by atoms with E-state index in [1.54, 1.807) is 201 Å². The Bertz CT molecular complexity index is 5090. The molecule has 14 rings (SSSR count). The fraction of sp³-hybridized carbons (Fsp3) is 0.114. The van der Waals surface area contributed by atoms with E-state index in [0.717, 1.165) is 12.2 Å². The van der Waals surface area contributed by atoms with Gasteiger partial charge in [-0.3, -0.25) is 47.9 Å². The summed E-state index contributed by atoms with van der Waals surface area (Å²) in [6.45, 7) is 2.88. The molecule has 0 spiro atoms. The number of rotatable bonds is 21. The molecule has 104 heavy (non-hydrogen) atoms. The van der Waals surface area contributed by atoms with Crippen LogP contribution >= 0.6 is 0 Å². The van der Waals surface area contributed by atoms with Crippen LogP contribution in [-0.2, 0) is 123 Å². The van der Waals surface area contributed by atoms with Crippen LogP contribution in [0.3, 0.4) is 0 Å². The normalized spacial score (nSPS) is 16.3. The second kappa shape index (κ2) is 28.4. The first-order valence-electron chi connectivity index (χ1n) is 33.4. The first-order chi connectivity index (χ1) is 50.6. The van der Waals surface area contributed by atoms with E-state index in [2.05, 4.69) is 6.58 Å². The highest BCUT2D eigenvalue weighted by atomic mass is 16.6. The van der Waals surface area contributed by atoms with Crippen molar-refractivity contribution in [3.05, 3.63) is 379 Å². The average Bonchev–Trinajstić information content (AvgIpc) is 1.51. The number of carbonyl (C=O) groups excluding carboxylic acids is 10. The minimum Gasteiger partial charge on any atom is -0.459 e. The monoisotopic (exact) mass is 1370 g/mol. The molecule has 16 nitrogen and oxygen atoms in total. The fourth-order valence-corrected chi connectivity index (χ4v) is 14.1. The van der Waals surface area contributed by atoms with E-state index < -0.39 is 126 Å². The van der Waals surface area contributed by atoms with Gasteiger partial charge < -0.3 is 28.4 Å². The Kier molecular flexibility index (Phi) is 18.5. The van der Waals surface area contributed by atoms with Crippen molar-refractivity contribution in [2.45, 2.75) is 62.8 Å². The molecule has 5 aliphatic rings. The van der Waals surface area contributed by atoms with Crippen molar-refractivity contribution >= 4 is 71.1 Å². The second-order valence-electron chi connectivity index (χ2n) is 25.3. The van der Waals surface area contributed by atoms with Crippen LogP contribution in [0.25, 0.3) is 23.3 Å². The summed E-state index contributed by atoms with van der Waals surface area (Å²) in [5.41, 5.74) is -7.46. The summed E-state index contributed by atoms with van der Waals surface area (Å²) in [5, 5.41) is 0. The lowest BCUT2D eigenvalue weighted by Crippen LogP contribution is -2.47. The lowest BCUT2D eigenvalue weighted by molar-refractivity contribution is -0.166. The number of hydrogen-bond acceptors (Lipinski definition) is 16. The van der Waals surface area contributed by atoms with Crippen LogP contribution in [-0.4, -0.2) is 58.9 Å². The summed E-state index contributed by atoms with van der Waals surface area (Å²) in [6, 6.07) is 63.5. The van der Waals surface area contributed by atoms with Crippen molar-refractivity contribution in [3.63, 3.8) is 0 Å². The van der Waals surface area contributed by atoms with Crippen molar-refractivity contribution in [1.29, 1.82) is 0 Å². The smallest absolute Gasteiger partial charge is 0.333 e. The third-order valence-corrected chi connectivity index (χ3v) is 19.2. The van der Waals surface area contributed by atoms with Crippen molar-refractivity contribution in [3.8, 4) is 11.1 Å². The number of hydrogen-bond donors (Lipinski definition) is 0. The van der Waals surface area contributed by atoms with Crippen LogP contribution in [0.2, 0.25) is 0 Å². The Morgan fingerprint density at radius 3 is 0.875 bits per heavy atom. The Labute approximate surface area is 597 Å². The highest BCUT2D eigenvalue weighted by molar-refractivity contribution is 6.42. The first-order valence-corrected chi connectivity index (χ1v) is 33.4. The molecule has 510 valence electrons. The SMILES string of the molecule is C=C/C=C1/C(=O)/C(=C/C2=Cc3cc4c(cc3C2(C(=O)OCc2ccccc2)C(=O)OCc2ccccc2)-c2cc3c(cc2C4(C(=O)OCc2ccccc2)C(=O)OCc2ccccc2)C=C(C=C2C(=O)c4ccccc4C2=O)C3(C(=O)OCc2ccccc2)C(=O)OCc2ccccc2)C(=O)/C1=C/C. The van der Waals surface area contributed by atoms with Gasteiger partial charge >= 0.3 is 35.8 Å². The maximum Gasteiger partial charge on any atom is 0.333 e. The number of benzene rings is 9. The van der Waals surface area contributed by atoms with Gasteiger partial charge in [0.05, 0.1) is 11.1 Å². The lowest BCUT2D eigenvalue weighted by Gasteiger charge is -2.30. The van der Waals surface area contributed by atoms with Crippen molar-refractivity contribution in [1.82, 2.24) is 0 Å². The fourth-order valence-electron chi connectivity index (χ4n) is 14.1. The van der Waals surface area contributed by atoms with Gasteiger partial charge in [0.15, 0.2) is 23.1 Å². The molecule has 1 saturated carbocycles. The zero-order valence-electron chi connectivity index (χ0n) is 56.0. The largest absolute Gasteiger partial charge is 0.459 e. The van der Waals surface area contributed by atoms with Crippen molar-refractivity contribution in [2.24, 2.45) is 0 Å². The average molecular weight is 1380 g/mol. The molecule has 0 unspecified atom stereocenters. The lowest BCUT2D eigenvalue weighted by atomic mass is 9.73. The molecule has 16 heteroatoms. The molecular formula is C88H62O16. The van der Waals surface area contributed by atoms with E-state index in [0.29, 0.717) is 33.4 Å². The number of esters is 6. The maximum atomic E-state index is 16.4. The number of allylic oxidation sites excluding steroid dienone is 9. The Hall–Kier alpha value is -13.3. The number of ketones is 4. The van der Waals surface area contributed by atoms with E-state index in [1.807, 2.05) is 0 Å². The van der Waals surface area contributed by atoms with Gasteiger partial charge in [-0.25, -0.2) is 0 Å². The number of fused-ring (bicyclic) bond motifs is 6. The number of Topliss-reactive ketones (excluding diaryl/α,β-unsaturated/α-hetero) is 4. The van der Waals surface area contributed by atoms with E-state index >= 15 is 28.8 Å². The maximum absolute atomic E-state index is 16.4. The van der Waals surface area contributed by atoms with Gasteiger partial charge in [-0.15, -0.1) is 0 Å². The first kappa shape index (κ1) is 67.8. The topological polar surface area (TPSA) is 226 Å². The Morgan fingerprint density at radius 1 is 0.317 bits per heavy atom. The van der Waals surface area contributed by atoms with Gasteiger partial charge in [-0.1, -0.05) is 231 Å². The molecule has 0 aliphatic heterocycles. The summed E-state index contributed by atoms with van der Waals surface area (Å²) < 4.78 is 37.8. The van der Waals surface area contributed by atoms with Gasteiger partial charge in [0.25, 0.3) is 0 Å². The molecule has 9 aromatic carbocycles. The molecule has 0 bridgehead atoms. The molecule has 0 saturated heterocycles. The zero-order valence-corrected chi connectivity index (χ0v) is 56.0. The summed E-state index contributed by atoms with van der Waals surface area (Å²) in [6.07, 6.45) is 9.24. The van der Waals surface area contributed by atoms with Gasteiger partial charge in [0, 0.05) is 22.3 Å². The van der Waals surface area contributed by atoms with Crippen LogP contribution in [0.15, 0.2) is 301 Å². The Balaban J connectivity index is 1.07. The van der Waals surface area contributed by atoms with Crippen LogP contribution < -0.4 is 0 Å². The van der Waals surface area contributed by atoms with Crippen molar-refractivity contribution < 1.29 is 76.4 Å². The highest BCUT2D eigenvalue weighted by Gasteiger charge is 2.64. The van der Waals surface area contributed by atoms with Crippen LogP contribution in [0.5, 0.6) is 0 Å². The standard InChI is InChI=1S/C88H62O16/c1-3-25-65-64(4-2)76(89)70(77(65)90)44-62-40-60-42-74-68(46-72(60)86(62,80(93)99-48-54-26-11-5-12-27-54)81(94)100-49-55-28-13-6-14-29-55)69-47-73-61(43-75(69)88(74,84(97)103-52-58-34-19-9-20-35-58)85(98)104-53-59-36-21-10-22-37-59)41-63(45-71-78(91)66-38-23-24-39-67(66)79(71)92)87(73,82(95)101-50-56-30-15-7-16-31-56)83(96)102-51-57-32-17-8-18-33-57/h3-47H,1,48-53H2,2H3/b64-4+,65-25+,70-44+. The van der Waals surface area contributed by atoms with E-state index in [1.165, 1.54) is 66.8 Å². The number of ether oxygens (including phenoxy) is 6. The summed E-state index contributed by atoms with van der Waals surface area (Å²) >= 11 is 0. The molecular weight excluding hydrogens is 1310 g/mol. The predicted molar refractivity (Wildman–Crippen MR) is 383 cm³/mol. The quantitative estimate of drug-likeness (QED) is 0.0214. The van der Waals surface area contributed by atoms with E-state index in [-0.39, 0.29) is 77.9 Å². The van der Waals surface area contributed by atoms with Gasteiger partial charge in [-0.05, 0) is 145 Å². The molecule has 0 N–H and O–H groups in total. The van der Waals surface area contributed by atoms with Crippen LogP contribution in [0.4, 0.5) is 0 Å². The van der Waals surface area contributed by atoms with Gasteiger partial charge in [0.2, 0.25) is 16.2 Å². The molecule has 5 aliphatic carbocycles. The molecule has 0 atom stereocenters. The van der Waals surface area contributed by atoms with Crippen LogP contribution in [0.1, 0.15) is 94.4 Å². The van der Waals surface area contributed by atoms with Crippen LogP contribution in [0, 0.1) is 0 Å². The molecule has 0 heterocycles. The molecule has 9 aromatic rings. The molecule has 1 fully saturated rings. The molecule has 0 aromatic heterocycles.